The van der Waals surface area contributed by atoms with Crippen molar-refractivity contribution in [3.63, 3.8) is 0 Å². The quantitative estimate of drug-likeness (QED) is 0.504. The molecule has 1 aliphatic heterocycles. The molecule has 0 spiro atoms. The predicted molar refractivity (Wildman–Crippen MR) is 68.1 cm³/mol. The molecule has 1 N–H and O–H groups in total. The number of ether oxygens (including phenoxy) is 1. The summed E-state index contributed by atoms with van der Waals surface area (Å²) in [5, 5.41) is 10.6. The molecule has 1 fully saturated rings. The van der Waals surface area contributed by atoms with Gasteiger partial charge in [0.15, 0.2) is 5.69 Å². The molecule has 0 saturated carbocycles. The van der Waals surface area contributed by atoms with Crippen LogP contribution in [-0.4, -0.2) is 46.9 Å². The predicted octanol–water partition coefficient (Wildman–Crippen LogP) is 0.948. The Bertz CT molecular complexity index is 531. The van der Waals surface area contributed by atoms with Crippen molar-refractivity contribution in [2.75, 3.05) is 20.2 Å². The van der Waals surface area contributed by atoms with Crippen molar-refractivity contribution in [2.24, 2.45) is 5.92 Å². The van der Waals surface area contributed by atoms with Gasteiger partial charge in [-0.1, -0.05) is 0 Å². The number of methoxy groups -OCH3 is 1. The number of amides is 1. The zero-order chi connectivity index (χ0) is 14.7. The van der Waals surface area contributed by atoms with Crippen LogP contribution in [0.2, 0.25) is 0 Å². The zero-order valence-electron chi connectivity index (χ0n) is 11.0. The summed E-state index contributed by atoms with van der Waals surface area (Å²) < 4.78 is 4.68. The van der Waals surface area contributed by atoms with E-state index < -0.39 is 4.92 Å². The van der Waals surface area contributed by atoms with Gasteiger partial charge in [-0.05, 0) is 23.8 Å². The van der Waals surface area contributed by atoms with Crippen LogP contribution in [0.5, 0.6) is 0 Å². The number of nitro groups is 1. The van der Waals surface area contributed by atoms with Crippen molar-refractivity contribution >= 4 is 17.7 Å². The highest BCUT2D eigenvalue weighted by Gasteiger charge is 2.30. The Morgan fingerprint density at radius 2 is 2.05 bits per heavy atom. The first-order valence-electron chi connectivity index (χ1n) is 6.23. The molecule has 2 heterocycles. The summed E-state index contributed by atoms with van der Waals surface area (Å²) in [7, 11) is 1.35. The van der Waals surface area contributed by atoms with Crippen LogP contribution in [-0.2, 0) is 9.53 Å². The van der Waals surface area contributed by atoms with Crippen molar-refractivity contribution in [1.29, 1.82) is 0 Å². The lowest BCUT2D eigenvalue weighted by Gasteiger charge is -2.29. The van der Waals surface area contributed by atoms with E-state index in [0.717, 1.165) is 0 Å². The SMILES string of the molecule is COC(=O)C1CCN(C(=O)c2ccc([N+](=O)[O-])[nH]2)CC1. The minimum absolute atomic E-state index is 0.179. The van der Waals surface area contributed by atoms with Gasteiger partial charge in [0.1, 0.15) is 0 Å². The molecule has 2 rings (SSSR count). The van der Waals surface area contributed by atoms with Gasteiger partial charge in [0.05, 0.1) is 13.0 Å². The molecule has 20 heavy (non-hydrogen) atoms. The van der Waals surface area contributed by atoms with E-state index in [1.165, 1.54) is 19.2 Å². The molecule has 1 amide bonds. The maximum Gasteiger partial charge on any atom is 0.321 e. The Balaban J connectivity index is 1.97. The molecule has 8 nitrogen and oxygen atoms in total. The molecule has 0 aliphatic carbocycles. The molecule has 1 aromatic heterocycles. The van der Waals surface area contributed by atoms with Crippen LogP contribution >= 0.6 is 0 Å². The first-order valence-corrected chi connectivity index (χ1v) is 6.23. The van der Waals surface area contributed by atoms with Crippen LogP contribution < -0.4 is 0 Å². The number of esters is 1. The van der Waals surface area contributed by atoms with E-state index in [2.05, 4.69) is 9.72 Å². The Morgan fingerprint density at radius 1 is 1.40 bits per heavy atom. The third-order valence-corrected chi connectivity index (χ3v) is 3.41. The maximum absolute atomic E-state index is 12.1. The van der Waals surface area contributed by atoms with E-state index in [9.17, 15) is 19.7 Å². The molecule has 0 bridgehead atoms. The summed E-state index contributed by atoms with van der Waals surface area (Å²) in [4.78, 5) is 37.6. The molecule has 0 atom stereocenters. The highest BCUT2D eigenvalue weighted by molar-refractivity contribution is 5.93. The number of nitrogens with zero attached hydrogens (tertiary/aromatic N) is 2. The lowest BCUT2D eigenvalue weighted by molar-refractivity contribution is -0.389. The van der Waals surface area contributed by atoms with Crippen LogP contribution in [0.15, 0.2) is 12.1 Å². The molecule has 8 heteroatoms. The summed E-state index contributed by atoms with van der Waals surface area (Å²) >= 11 is 0. The van der Waals surface area contributed by atoms with Crippen LogP contribution in [0.1, 0.15) is 23.3 Å². The van der Waals surface area contributed by atoms with Crippen molar-refractivity contribution in [3.05, 3.63) is 27.9 Å². The van der Waals surface area contributed by atoms with Gasteiger partial charge in [-0.3, -0.25) is 9.59 Å². The topological polar surface area (TPSA) is 106 Å². The van der Waals surface area contributed by atoms with Gasteiger partial charge in [0.2, 0.25) is 0 Å². The van der Waals surface area contributed by atoms with E-state index >= 15 is 0 Å². The van der Waals surface area contributed by atoms with E-state index in [-0.39, 0.29) is 29.3 Å². The molecular weight excluding hydrogens is 266 g/mol. The van der Waals surface area contributed by atoms with Gasteiger partial charge < -0.3 is 19.8 Å². The molecular formula is C12H15N3O5. The standard InChI is InChI=1S/C12H15N3O5/c1-20-12(17)8-4-6-14(7-5-8)11(16)9-2-3-10(13-9)15(18)19/h2-3,8,13H,4-7H2,1H3. The molecule has 108 valence electrons. The van der Waals surface area contributed by atoms with E-state index in [1.54, 1.807) is 4.90 Å². The van der Waals surface area contributed by atoms with Gasteiger partial charge in [0.25, 0.3) is 5.91 Å². The molecule has 1 aromatic rings. The van der Waals surface area contributed by atoms with Crippen molar-refractivity contribution < 1.29 is 19.2 Å². The highest BCUT2D eigenvalue weighted by Crippen LogP contribution is 2.20. The molecule has 0 radical (unpaired) electrons. The van der Waals surface area contributed by atoms with Gasteiger partial charge in [-0.15, -0.1) is 0 Å². The summed E-state index contributed by atoms with van der Waals surface area (Å²) in [6.45, 7) is 0.872. The van der Waals surface area contributed by atoms with Gasteiger partial charge in [-0.2, -0.15) is 0 Å². The second-order valence-corrected chi connectivity index (χ2v) is 4.60. The third kappa shape index (κ3) is 2.79. The molecule has 0 unspecified atom stereocenters. The van der Waals surface area contributed by atoms with Crippen LogP contribution in [0.4, 0.5) is 5.82 Å². The zero-order valence-corrected chi connectivity index (χ0v) is 11.0. The van der Waals surface area contributed by atoms with Crippen LogP contribution in [0.3, 0.4) is 0 Å². The Kier molecular flexibility index (Phi) is 4.02. The van der Waals surface area contributed by atoms with Crippen LogP contribution in [0.25, 0.3) is 0 Å². The number of carbonyl (C=O) groups excluding carboxylic acids is 2. The summed E-state index contributed by atoms with van der Waals surface area (Å²) in [5.41, 5.74) is 0.188. The number of nitrogens with one attached hydrogen (secondary N) is 1. The van der Waals surface area contributed by atoms with Gasteiger partial charge >= 0.3 is 11.8 Å². The fourth-order valence-corrected chi connectivity index (χ4v) is 2.27. The number of likely N-dealkylation sites (tertiary alicyclic amines) is 1. The Hall–Kier alpha value is -2.38. The largest absolute Gasteiger partial charge is 0.469 e. The van der Waals surface area contributed by atoms with Crippen molar-refractivity contribution in [2.45, 2.75) is 12.8 Å². The molecule has 0 aromatic carbocycles. The monoisotopic (exact) mass is 281 g/mol. The fraction of sp³-hybridized carbons (Fsp3) is 0.500. The number of hydrogen-bond donors (Lipinski definition) is 1. The lowest BCUT2D eigenvalue weighted by atomic mass is 9.97. The Morgan fingerprint density at radius 3 is 2.55 bits per heavy atom. The average molecular weight is 281 g/mol. The minimum Gasteiger partial charge on any atom is -0.469 e. The van der Waals surface area contributed by atoms with E-state index in [0.29, 0.717) is 25.9 Å². The Labute approximate surface area is 114 Å². The molecule has 1 aliphatic rings. The van der Waals surface area contributed by atoms with Crippen molar-refractivity contribution in [3.8, 4) is 0 Å². The first-order chi connectivity index (χ1) is 9.52. The maximum atomic E-state index is 12.1. The summed E-state index contributed by atoms with van der Waals surface area (Å²) in [6.07, 6.45) is 1.09. The number of H-pyrrole nitrogens is 1. The molecule has 1 saturated heterocycles. The highest BCUT2D eigenvalue weighted by atomic mass is 16.6. The van der Waals surface area contributed by atoms with Crippen LogP contribution in [0, 0.1) is 16.0 Å². The average Bonchev–Trinajstić information content (AvgIpc) is 2.96. The van der Waals surface area contributed by atoms with Gasteiger partial charge in [-0.25, -0.2) is 4.98 Å². The van der Waals surface area contributed by atoms with E-state index in [4.69, 9.17) is 0 Å². The van der Waals surface area contributed by atoms with E-state index in [1.807, 2.05) is 0 Å². The summed E-state index contributed by atoms with van der Waals surface area (Å²) in [5.74, 6) is -0.936. The minimum atomic E-state index is -0.583. The second-order valence-electron chi connectivity index (χ2n) is 4.60. The number of aromatic nitrogens is 1. The number of piperidine rings is 1. The second kappa shape index (κ2) is 5.72. The fourth-order valence-electron chi connectivity index (χ4n) is 2.27. The number of carbonyl (C=O) groups is 2. The van der Waals surface area contributed by atoms with Crippen molar-refractivity contribution in [1.82, 2.24) is 9.88 Å². The first kappa shape index (κ1) is 14.0. The lowest BCUT2D eigenvalue weighted by Crippen LogP contribution is -2.40. The number of hydrogen-bond acceptors (Lipinski definition) is 5. The smallest absolute Gasteiger partial charge is 0.321 e. The third-order valence-electron chi connectivity index (χ3n) is 3.41. The van der Waals surface area contributed by atoms with Gasteiger partial charge in [0, 0.05) is 19.2 Å². The number of aromatic amines is 1. The summed E-state index contributed by atoms with van der Waals surface area (Å²) in [6, 6.07) is 2.65. The normalized spacial score (nSPS) is 15.9. The number of rotatable bonds is 3.